The molecule has 2 aliphatic rings. The molecule has 2 aliphatic carbocycles. The Kier molecular flexibility index (Phi) is 8.54. The van der Waals surface area contributed by atoms with E-state index in [9.17, 15) is 0 Å². The number of hydrogen-bond donors (Lipinski definition) is 1. The van der Waals surface area contributed by atoms with Gasteiger partial charge in [-0.3, -0.25) is 0 Å². The van der Waals surface area contributed by atoms with Crippen LogP contribution in [-0.4, -0.2) is 18.3 Å². The van der Waals surface area contributed by atoms with Crippen molar-refractivity contribution in [2.24, 2.45) is 0 Å². The van der Waals surface area contributed by atoms with Gasteiger partial charge in [0.25, 0.3) is 0 Å². The van der Waals surface area contributed by atoms with Gasteiger partial charge in [0.05, 0.1) is 6.61 Å². The molecular weight excluding hydrogens is 308 g/mol. The summed E-state index contributed by atoms with van der Waals surface area (Å²) in [4.78, 5) is 0. The summed E-state index contributed by atoms with van der Waals surface area (Å²) < 4.78 is 5.99. The van der Waals surface area contributed by atoms with E-state index in [2.05, 4.69) is 42.5 Å². The number of benzene rings is 1. The maximum Gasteiger partial charge on any atom is 0.123 e. The lowest BCUT2D eigenvalue weighted by atomic mass is 9.86. The SMILES string of the molecule is CC.OCCCCCOc1cccc2c1CCC(C1=CCCC=C1)=C2. The summed E-state index contributed by atoms with van der Waals surface area (Å²) in [6, 6.07) is 6.37. The fraction of sp³-hybridized carbons (Fsp3) is 0.478. The molecule has 0 saturated heterocycles. The lowest BCUT2D eigenvalue weighted by Crippen LogP contribution is -2.06. The number of fused-ring (bicyclic) bond motifs is 1. The highest BCUT2D eigenvalue weighted by Crippen LogP contribution is 2.34. The van der Waals surface area contributed by atoms with Gasteiger partial charge >= 0.3 is 0 Å². The van der Waals surface area contributed by atoms with Crippen molar-refractivity contribution in [3.63, 3.8) is 0 Å². The minimum Gasteiger partial charge on any atom is -0.493 e. The van der Waals surface area contributed by atoms with Gasteiger partial charge in [0.2, 0.25) is 0 Å². The topological polar surface area (TPSA) is 29.5 Å². The molecule has 2 heteroatoms. The average molecular weight is 341 g/mol. The second-order valence-corrected chi connectivity index (χ2v) is 6.27. The zero-order valence-corrected chi connectivity index (χ0v) is 15.8. The van der Waals surface area contributed by atoms with Gasteiger partial charge in [-0.15, -0.1) is 0 Å². The van der Waals surface area contributed by atoms with Crippen LogP contribution in [0.5, 0.6) is 5.75 Å². The fourth-order valence-electron chi connectivity index (χ4n) is 3.29. The van der Waals surface area contributed by atoms with Crippen LogP contribution in [0.2, 0.25) is 0 Å². The van der Waals surface area contributed by atoms with Gasteiger partial charge in [-0.2, -0.15) is 0 Å². The average Bonchev–Trinajstić information content (AvgIpc) is 2.70. The van der Waals surface area contributed by atoms with Gasteiger partial charge in [-0.25, -0.2) is 0 Å². The second-order valence-electron chi connectivity index (χ2n) is 6.27. The van der Waals surface area contributed by atoms with Gasteiger partial charge in [-0.1, -0.05) is 50.3 Å². The second kappa shape index (κ2) is 10.9. The Morgan fingerprint density at radius 3 is 2.68 bits per heavy atom. The molecule has 0 unspecified atom stereocenters. The first-order valence-corrected chi connectivity index (χ1v) is 9.81. The predicted octanol–water partition coefficient (Wildman–Crippen LogP) is 5.86. The molecule has 3 rings (SSSR count). The standard InChI is InChI=1S/C21H26O2.C2H6/c22-14-5-2-6-15-23-21-11-7-10-19-16-18(12-13-20(19)21)17-8-3-1-4-9-17;1-2/h3,7-11,16,22H,1-2,4-6,12-15H2;1-2H3. The van der Waals surface area contributed by atoms with E-state index in [4.69, 9.17) is 9.84 Å². The van der Waals surface area contributed by atoms with Crippen molar-refractivity contribution in [3.8, 4) is 5.75 Å². The van der Waals surface area contributed by atoms with Crippen LogP contribution in [0.1, 0.15) is 63.5 Å². The van der Waals surface area contributed by atoms with E-state index in [1.807, 2.05) is 13.8 Å². The number of aliphatic hydroxyl groups is 1. The van der Waals surface area contributed by atoms with E-state index in [0.717, 1.165) is 50.9 Å². The number of ether oxygens (including phenoxy) is 1. The van der Waals surface area contributed by atoms with Crippen LogP contribution in [0.4, 0.5) is 0 Å². The first kappa shape index (κ1) is 19.5. The van der Waals surface area contributed by atoms with Gasteiger partial charge in [0.1, 0.15) is 5.75 Å². The normalized spacial score (nSPS) is 15.5. The monoisotopic (exact) mass is 340 g/mol. The summed E-state index contributed by atoms with van der Waals surface area (Å²) in [5.74, 6) is 1.04. The predicted molar refractivity (Wildman–Crippen MR) is 107 cm³/mol. The third-order valence-electron chi connectivity index (χ3n) is 4.57. The minimum atomic E-state index is 0.276. The van der Waals surface area contributed by atoms with Crippen LogP contribution >= 0.6 is 0 Å². The molecule has 0 radical (unpaired) electrons. The minimum absolute atomic E-state index is 0.276. The summed E-state index contributed by atoms with van der Waals surface area (Å²) in [6.45, 7) is 5.01. The van der Waals surface area contributed by atoms with Gasteiger partial charge in [0, 0.05) is 12.2 Å². The maximum absolute atomic E-state index is 8.82. The molecule has 136 valence electrons. The number of allylic oxidation sites excluding steroid dienone is 5. The Bertz CT molecular complexity index is 623. The van der Waals surface area contributed by atoms with Crippen LogP contribution in [0, 0.1) is 0 Å². The van der Waals surface area contributed by atoms with Gasteiger partial charge < -0.3 is 9.84 Å². The van der Waals surface area contributed by atoms with Crippen molar-refractivity contribution in [2.75, 3.05) is 13.2 Å². The zero-order chi connectivity index (χ0) is 17.9. The highest BCUT2D eigenvalue weighted by atomic mass is 16.5. The summed E-state index contributed by atoms with van der Waals surface area (Å²) >= 11 is 0. The van der Waals surface area contributed by atoms with Gasteiger partial charge in [-0.05, 0) is 67.7 Å². The first-order chi connectivity index (χ1) is 12.4. The van der Waals surface area contributed by atoms with Crippen LogP contribution in [0.25, 0.3) is 6.08 Å². The quantitative estimate of drug-likeness (QED) is 0.630. The Morgan fingerprint density at radius 1 is 1.04 bits per heavy atom. The Hall–Kier alpha value is -1.80. The van der Waals surface area contributed by atoms with Crippen molar-refractivity contribution in [2.45, 2.75) is 58.8 Å². The summed E-state index contributed by atoms with van der Waals surface area (Å²) in [5, 5.41) is 8.82. The van der Waals surface area contributed by atoms with Crippen LogP contribution in [0.3, 0.4) is 0 Å². The number of aliphatic hydroxyl groups excluding tert-OH is 1. The molecule has 0 aliphatic heterocycles. The van der Waals surface area contributed by atoms with Crippen molar-refractivity contribution >= 4 is 6.08 Å². The molecule has 1 aromatic carbocycles. The van der Waals surface area contributed by atoms with Crippen molar-refractivity contribution in [1.82, 2.24) is 0 Å². The Balaban J connectivity index is 0.00000109. The highest BCUT2D eigenvalue weighted by molar-refractivity contribution is 5.68. The number of unbranched alkanes of at least 4 members (excludes halogenated alkanes) is 2. The van der Waals surface area contributed by atoms with Crippen molar-refractivity contribution in [3.05, 3.63) is 58.7 Å². The van der Waals surface area contributed by atoms with E-state index in [-0.39, 0.29) is 6.61 Å². The lowest BCUT2D eigenvalue weighted by Gasteiger charge is -2.21. The van der Waals surface area contributed by atoms with E-state index in [1.54, 1.807) is 0 Å². The smallest absolute Gasteiger partial charge is 0.123 e. The highest BCUT2D eigenvalue weighted by Gasteiger charge is 2.16. The van der Waals surface area contributed by atoms with E-state index in [0.29, 0.717) is 0 Å². The zero-order valence-electron chi connectivity index (χ0n) is 15.8. The van der Waals surface area contributed by atoms with E-state index in [1.165, 1.54) is 28.7 Å². The summed E-state index contributed by atoms with van der Waals surface area (Å²) in [6.07, 6.45) is 16.6. The molecule has 0 fully saturated rings. The molecule has 1 aromatic rings. The van der Waals surface area contributed by atoms with Crippen molar-refractivity contribution in [1.29, 1.82) is 0 Å². The molecule has 0 saturated carbocycles. The maximum atomic E-state index is 8.82. The summed E-state index contributed by atoms with van der Waals surface area (Å²) in [5.41, 5.74) is 5.50. The molecule has 0 atom stereocenters. The molecule has 25 heavy (non-hydrogen) atoms. The lowest BCUT2D eigenvalue weighted by molar-refractivity contribution is 0.265. The molecule has 1 N–H and O–H groups in total. The van der Waals surface area contributed by atoms with Crippen LogP contribution in [-0.2, 0) is 6.42 Å². The van der Waals surface area contributed by atoms with Crippen molar-refractivity contribution < 1.29 is 9.84 Å². The Morgan fingerprint density at radius 2 is 1.92 bits per heavy atom. The molecule has 0 bridgehead atoms. The largest absolute Gasteiger partial charge is 0.493 e. The van der Waals surface area contributed by atoms with E-state index >= 15 is 0 Å². The molecular formula is C23H32O2. The molecule has 2 nitrogen and oxygen atoms in total. The number of rotatable bonds is 7. The molecule has 0 spiro atoms. The van der Waals surface area contributed by atoms with E-state index < -0.39 is 0 Å². The number of hydrogen-bond acceptors (Lipinski definition) is 2. The first-order valence-electron chi connectivity index (χ1n) is 9.81. The van der Waals surface area contributed by atoms with Gasteiger partial charge in [0.15, 0.2) is 0 Å². The fourth-order valence-corrected chi connectivity index (χ4v) is 3.29. The molecule has 0 amide bonds. The molecule has 0 aromatic heterocycles. The van der Waals surface area contributed by atoms with Crippen LogP contribution < -0.4 is 4.74 Å². The molecule has 0 heterocycles. The Labute approximate surface area is 152 Å². The third kappa shape index (κ3) is 5.61. The third-order valence-corrected chi connectivity index (χ3v) is 4.57. The van der Waals surface area contributed by atoms with Crippen LogP contribution in [0.15, 0.2) is 47.6 Å². The summed E-state index contributed by atoms with van der Waals surface area (Å²) in [7, 11) is 0.